The zero-order chi connectivity index (χ0) is 11.5. The predicted octanol–water partition coefficient (Wildman–Crippen LogP) is 2.49. The first-order valence-corrected chi connectivity index (χ1v) is 6.33. The zero-order valence-electron chi connectivity index (χ0n) is 9.63. The van der Waals surface area contributed by atoms with Crippen molar-refractivity contribution < 1.29 is 0 Å². The Morgan fingerprint density at radius 2 is 2.25 bits per heavy atom. The molecule has 16 heavy (non-hydrogen) atoms. The number of hydrogen-bond donors (Lipinski definition) is 1. The van der Waals surface area contributed by atoms with Crippen molar-refractivity contribution in [1.29, 1.82) is 0 Å². The van der Waals surface area contributed by atoms with Crippen molar-refractivity contribution in [3.63, 3.8) is 0 Å². The molecule has 1 aromatic heterocycles. The van der Waals surface area contributed by atoms with E-state index in [4.69, 9.17) is 0 Å². The topological polar surface area (TPSA) is 29.9 Å². The van der Waals surface area contributed by atoms with Crippen molar-refractivity contribution in [1.82, 2.24) is 14.9 Å². The SMILES string of the molecule is CCNCCc1nc2cc(Br)ccc2n1C. The van der Waals surface area contributed by atoms with E-state index in [1.807, 2.05) is 0 Å². The van der Waals surface area contributed by atoms with Gasteiger partial charge in [0.25, 0.3) is 0 Å². The second kappa shape index (κ2) is 4.97. The van der Waals surface area contributed by atoms with Crippen LogP contribution in [0, 0.1) is 0 Å². The Kier molecular flexibility index (Phi) is 3.61. The third-order valence-electron chi connectivity index (χ3n) is 2.71. The summed E-state index contributed by atoms with van der Waals surface area (Å²) in [6, 6.07) is 6.22. The smallest absolute Gasteiger partial charge is 0.110 e. The molecule has 1 N–H and O–H groups in total. The zero-order valence-corrected chi connectivity index (χ0v) is 11.2. The van der Waals surface area contributed by atoms with E-state index in [1.54, 1.807) is 0 Å². The number of halogens is 1. The highest BCUT2D eigenvalue weighted by atomic mass is 79.9. The fraction of sp³-hybridized carbons (Fsp3) is 0.417. The summed E-state index contributed by atoms with van der Waals surface area (Å²) in [4.78, 5) is 4.64. The first kappa shape index (κ1) is 11.6. The molecule has 0 aliphatic rings. The van der Waals surface area contributed by atoms with E-state index in [1.165, 1.54) is 5.52 Å². The normalized spacial score (nSPS) is 11.2. The van der Waals surface area contributed by atoms with Crippen LogP contribution < -0.4 is 5.32 Å². The molecule has 1 heterocycles. The van der Waals surface area contributed by atoms with E-state index in [9.17, 15) is 0 Å². The molecule has 86 valence electrons. The minimum absolute atomic E-state index is 0.969. The molecule has 0 saturated heterocycles. The first-order valence-electron chi connectivity index (χ1n) is 5.54. The van der Waals surface area contributed by atoms with E-state index in [0.717, 1.165) is 35.3 Å². The lowest BCUT2D eigenvalue weighted by atomic mass is 10.3. The van der Waals surface area contributed by atoms with Crippen molar-refractivity contribution >= 4 is 27.0 Å². The minimum Gasteiger partial charge on any atom is -0.331 e. The van der Waals surface area contributed by atoms with E-state index >= 15 is 0 Å². The largest absolute Gasteiger partial charge is 0.331 e. The lowest BCUT2D eigenvalue weighted by Gasteiger charge is -2.02. The van der Waals surface area contributed by atoms with Gasteiger partial charge in [-0.3, -0.25) is 0 Å². The van der Waals surface area contributed by atoms with Crippen LogP contribution in [0.3, 0.4) is 0 Å². The van der Waals surface area contributed by atoms with E-state index in [0.29, 0.717) is 0 Å². The van der Waals surface area contributed by atoms with Gasteiger partial charge in [-0.2, -0.15) is 0 Å². The average Bonchev–Trinajstić information content (AvgIpc) is 2.56. The molecule has 3 nitrogen and oxygen atoms in total. The molecule has 0 atom stereocenters. The van der Waals surface area contributed by atoms with Gasteiger partial charge in [0.1, 0.15) is 5.82 Å². The van der Waals surface area contributed by atoms with E-state index in [2.05, 4.69) is 63.0 Å². The lowest BCUT2D eigenvalue weighted by Crippen LogP contribution is -2.17. The van der Waals surface area contributed by atoms with Crippen LogP contribution in [-0.4, -0.2) is 22.6 Å². The van der Waals surface area contributed by atoms with Crippen LogP contribution in [-0.2, 0) is 13.5 Å². The average molecular weight is 282 g/mol. The number of nitrogens with zero attached hydrogens (tertiary/aromatic N) is 2. The van der Waals surface area contributed by atoms with Crippen LogP contribution in [0.25, 0.3) is 11.0 Å². The number of likely N-dealkylation sites (N-methyl/N-ethyl adjacent to an activating group) is 1. The summed E-state index contributed by atoms with van der Waals surface area (Å²) >= 11 is 3.47. The number of benzene rings is 1. The molecule has 0 spiro atoms. The van der Waals surface area contributed by atoms with Crippen molar-refractivity contribution in [3.05, 3.63) is 28.5 Å². The number of aryl methyl sites for hydroxylation is 1. The van der Waals surface area contributed by atoms with Gasteiger partial charge in [0.15, 0.2) is 0 Å². The molecule has 2 aromatic rings. The molecule has 0 amide bonds. The summed E-state index contributed by atoms with van der Waals surface area (Å²) < 4.78 is 3.25. The summed E-state index contributed by atoms with van der Waals surface area (Å²) in [6.07, 6.45) is 0.969. The van der Waals surface area contributed by atoms with Crippen molar-refractivity contribution in [3.8, 4) is 0 Å². The highest BCUT2D eigenvalue weighted by Gasteiger charge is 2.07. The van der Waals surface area contributed by atoms with Gasteiger partial charge in [0.2, 0.25) is 0 Å². The van der Waals surface area contributed by atoms with E-state index in [-0.39, 0.29) is 0 Å². The molecule has 4 heteroatoms. The predicted molar refractivity (Wildman–Crippen MR) is 70.7 cm³/mol. The quantitative estimate of drug-likeness (QED) is 0.873. The highest BCUT2D eigenvalue weighted by Crippen LogP contribution is 2.19. The summed E-state index contributed by atoms with van der Waals surface area (Å²) in [6.45, 7) is 4.11. The van der Waals surface area contributed by atoms with Crippen LogP contribution in [0.4, 0.5) is 0 Å². The van der Waals surface area contributed by atoms with Crippen LogP contribution in [0.5, 0.6) is 0 Å². The fourth-order valence-electron chi connectivity index (χ4n) is 1.82. The monoisotopic (exact) mass is 281 g/mol. The summed E-state index contributed by atoms with van der Waals surface area (Å²) in [7, 11) is 2.07. The molecule has 0 saturated carbocycles. The summed E-state index contributed by atoms with van der Waals surface area (Å²) in [5.41, 5.74) is 2.25. The second-order valence-electron chi connectivity index (χ2n) is 3.82. The maximum atomic E-state index is 4.64. The van der Waals surface area contributed by atoms with Crippen molar-refractivity contribution in [2.75, 3.05) is 13.1 Å². The third kappa shape index (κ3) is 2.28. The molecule has 0 bridgehead atoms. The van der Waals surface area contributed by atoms with Gasteiger partial charge in [-0.15, -0.1) is 0 Å². The summed E-state index contributed by atoms with van der Waals surface area (Å²) in [5, 5.41) is 3.32. The second-order valence-corrected chi connectivity index (χ2v) is 4.74. The van der Waals surface area contributed by atoms with Gasteiger partial charge in [-0.25, -0.2) is 4.98 Å². The Morgan fingerprint density at radius 3 is 3.00 bits per heavy atom. The molecule has 2 rings (SSSR count). The summed E-state index contributed by atoms with van der Waals surface area (Å²) in [5.74, 6) is 1.13. The molecule has 0 aliphatic heterocycles. The van der Waals surface area contributed by atoms with Gasteiger partial charge >= 0.3 is 0 Å². The Morgan fingerprint density at radius 1 is 1.44 bits per heavy atom. The lowest BCUT2D eigenvalue weighted by molar-refractivity contribution is 0.680. The molecule has 0 unspecified atom stereocenters. The molecule has 0 aliphatic carbocycles. The van der Waals surface area contributed by atoms with Crippen LogP contribution >= 0.6 is 15.9 Å². The number of rotatable bonds is 4. The Hall–Kier alpha value is -0.870. The van der Waals surface area contributed by atoms with Crippen molar-refractivity contribution in [2.45, 2.75) is 13.3 Å². The molecule has 1 aromatic carbocycles. The Bertz CT molecular complexity index is 490. The Balaban J connectivity index is 2.29. The van der Waals surface area contributed by atoms with Gasteiger partial charge in [0, 0.05) is 24.5 Å². The van der Waals surface area contributed by atoms with Gasteiger partial charge in [0.05, 0.1) is 11.0 Å². The molecular formula is C12H16BrN3. The number of hydrogen-bond acceptors (Lipinski definition) is 2. The van der Waals surface area contributed by atoms with Gasteiger partial charge in [-0.1, -0.05) is 22.9 Å². The Labute approximate surface area is 104 Å². The van der Waals surface area contributed by atoms with Crippen LogP contribution in [0.15, 0.2) is 22.7 Å². The molecular weight excluding hydrogens is 266 g/mol. The number of aromatic nitrogens is 2. The first-order chi connectivity index (χ1) is 7.72. The van der Waals surface area contributed by atoms with E-state index < -0.39 is 0 Å². The third-order valence-corrected chi connectivity index (χ3v) is 3.20. The fourth-order valence-corrected chi connectivity index (χ4v) is 2.17. The maximum Gasteiger partial charge on any atom is 0.110 e. The van der Waals surface area contributed by atoms with Crippen molar-refractivity contribution in [2.24, 2.45) is 7.05 Å². The minimum atomic E-state index is 0.969. The van der Waals surface area contributed by atoms with Gasteiger partial charge in [-0.05, 0) is 24.7 Å². The number of imidazole rings is 1. The highest BCUT2D eigenvalue weighted by molar-refractivity contribution is 9.10. The standard InChI is InChI=1S/C12H16BrN3/c1-3-14-7-6-12-15-10-8-9(13)4-5-11(10)16(12)2/h4-5,8,14H,3,6-7H2,1-2H3. The maximum absolute atomic E-state index is 4.64. The van der Waals surface area contributed by atoms with Crippen LogP contribution in [0.2, 0.25) is 0 Å². The number of fused-ring (bicyclic) bond motifs is 1. The molecule has 0 radical (unpaired) electrons. The van der Waals surface area contributed by atoms with Gasteiger partial charge < -0.3 is 9.88 Å². The molecule has 0 fully saturated rings. The van der Waals surface area contributed by atoms with Crippen LogP contribution in [0.1, 0.15) is 12.7 Å². The number of nitrogens with one attached hydrogen (secondary N) is 1.